The van der Waals surface area contributed by atoms with Gasteiger partial charge in [0.05, 0.1) is 0 Å². The van der Waals surface area contributed by atoms with Crippen LogP contribution >= 0.6 is 34.9 Å². The lowest BCUT2D eigenvalue weighted by molar-refractivity contribution is 0.585. The average molecular weight is 288 g/mol. The van der Waals surface area contributed by atoms with E-state index in [9.17, 15) is 0 Å². The minimum Gasteiger partial charge on any atom is -0.308 e. The van der Waals surface area contributed by atoms with Gasteiger partial charge in [-0.15, -0.1) is 11.3 Å². The topological polar surface area (TPSA) is 12.0 Å². The van der Waals surface area contributed by atoms with Crippen molar-refractivity contribution in [3.05, 3.63) is 21.9 Å². The molecule has 1 saturated heterocycles. The molecule has 2 heterocycles. The summed E-state index contributed by atoms with van der Waals surface area (Å²) >= 11 is 6.18. The van der Waals surface area contributed by atoms with Crippen LogP contribution in [-0.2, 0) is 6.42 Å². The Morgan fingerprint density at radius 3 is 2.94 bits per heavy atom. The lowest BCUT2D eigenvalue weighted by Crippen LogP contribution is -2.30. The Labute approximate surface area is 117 Å². The van der Waals surface area contributed by atoms with E-state index in [0.717, 1.165) is 18.2 Å². The SMILES string of the molecule is CCc1ccc(C(C)NCC2CSCCS2)s1. The molecule has 0 saturated carbocycles. The molecule has 0 amide bonds. The van der Waals surface area contributed by atoms with Crippen LogP contribution in [-0.4, -0.2) is 29.1 Å². The van der Waals surface area contributed by atoms with E-state index in [-0.39, 0.29) is 0 Å². The lowest BCUT2D eigenvalue weighted by atomic mass is 10.2. The van der Waals surface area contributed by atoms with E-state index in [1.807, 2.05) is 11.3 Å². The molecule has 1 fully saturated rings. The van der Waals surface area contributed by atoms with Crippen LogP contribution in [0, 0.1) is 0 Å². The standard InChI is InChI=1S/C13H21NS3/c1-3-11-4-5-13(17-11)10(2)14-8-12-9-15-6-7-16-12/h4-5,10,12,14H,3,6-9H2,1-2H3. The van der Waals surface area contributed by atoms with E-state index < -0.39 is 0 Å². The molecule has 1 N–H and O–H groups in total. The minimum absolute atomic E-state index is 0.507. The fourth-order valence-electron chi connectivity index (χ4n) is 1.88. The van der Waals surface area contributed by atoms with Crippen molar-refractivity contribution in [2.75, 3.05) is 23.8 Å². The van der Waals surface area contributed by atoms with Gasteiger partial charge >= 0.3 is 0 Å². The molecule has 1 aromatic heterocycles. The fraction of sp³-hybridized carbons (Fsp3) is 0.692. The highest BCUT2D eigenvalue weighted by Gasteiger charge is 2.15. The van der Waals surface area contributed by atoms with Gasteiger partial charge in [0.15, 0.2) is 0 Å². The number of rotatable bonds is 5. The molecular formula is C13H21NS3. The van der Waals surface area contributed by atoms with Gasteiger partial charge in [0.25, 0.3) is 0 Å². The summed E-state index contributed by atoms with van der Waals surface area (Å²) < 4.78 is 0. The molecule has 2 rings (SSSR count). The molecule has 1 aliphatic rings. The zero-order valence-electron chi connectivity index (χ0n) is 10.6. The minimum atomic E-state index is 0.507. The van der Waals surface area contributed by atoms with Crippen molar-refractivity contribution < 1.29 is 0 Å². The van der Waals surface area contributed by atoms with E-state index in [2.05, 4.69) is 54.8 Å². The van der Waals surface area contributed by atoms with Crippen molar-refractivity contribution in [3.63, 3.8) is 0 Å². The Kier molecular flexibility index (Phi) is 5.74. The van der Waals surface area contributed by atoms with E-state index in [4.69, 9.17) is 0 Å². The highest BCUT2D eigenvalue weighted by Crippen LogP contribution is 2.26. The number of aryl methyl sites for hydroxylation is 1. The first kappa shape index (κ1) is 13.8. The highest BCUT2D eigenvalue weighted by molar-refractivity contribution is 8.06. The summed E-state index contributed by atoms with van der Waals surface area (Å²) in [5.74, 6) is 3.97. The highest BCUT2D eigenvalue weighted by atomic mass is 32.2. The molecular weight excluding hydrogens is 266 g/mol. The maximum Gasteiger partial charge on any atom is 0.0386 e. The molecule has 1 aromatic rings. The van der Waals surface area contributed by atoms with Crippen LogP contribution in [0.4, 0.5) is 0 Å². The molecule has 17 heavy (non-hydrogen) atoms. The normalized spacial score (nSPS) is 22.6. The number of hydrogen-bond acceptors (Lipinski definition) is 4. The predicted molar refractivity (Wildman–Crippen MR) is 83.7 cm³/mol. The first-order chi connectivity index (χ1) is 8.29. The Balaban J connectivity index is 1.77. The molecule has 0 aliphatic carbocycles. The van der Waals surface area contributed by atoms with Crippen LogP contribution in [0.5, 0.6) is 0 Å². The monoisotopic (exact) mass is 287 g/mol. The van der Waals surface area contributed by atoms with Crippen molar-refractivity contribution in [2.24, 2.45) is 0 Å². The molecule has 0 spiro atoms. The molecule has 1 aliphatic heterocycles. The van der Waals surface area contributed by atoms with Crippen molar-refractivity contribution in [1.29, 1.82) is 0 Å². The van der Waals surface area contributed by atoms with Gasteiger partial charge in [0.1, 0.15) is 0 Å². The largest absolute Gasteiger partial charge is 0.308 e. The van der Waals surface area contributed by atoms with E-state index in [1.54, 1.807) is 0 Å². The zero-order valence-corrected chi connectivity index (χ0v) is 13.0. The molecule has 2 unspecified atom stereocenters. The third kappa shape index (κ3) is 4.19. The van der Waals surface area contributed by atoms with Crippen molar-refractivity contribution in [2.45, 2.75) is 31.6 Å². The van der Waals surface area contributed by atoms with Gasteiger partial charge in [-0.25, -0.2) is 0 Å². The third-order valence-electron chi connectivity index (χ3n) is 2.99. The van der Waals surface area contributed by atoms with Gasteiger partial charge < -0.3 is 5.32 Å². The first-order valence-electron chi connectivity index (χ1n) is 6.31. The maximum atomic E-state index is 3.68. The number of hydrogen-bond donors (Lipinski definition) is 1. The Hall–Kier alpha value is 0.360. The molecule has 2 atom stereocenters. The molecule has 1 nitrogen and oxygen atoms in total. The molecule has 0 aromatic carbocycles. The summed E-state index contributed by atoms with van der Waals surface area (Å²) in [5.41, 5.74) is 0. The van der Waals surface area contributed by atoms with Gasteiger partial charge in [-0.2, -0.15) is 23.5 Å². The average Bonchev–Trinajstić information content (AvgIpc) is 2.86. The smallest absolute Gasteiger partial charge is 0.0386 e. The molecule has 0 bridgehead atoms. The van der Waals surface area contributed by atoms with Crippen LogP contribution in [0.3, 0.4) is 0 Å². The van der Waals surface area contributed by atoms with Crippen LogP contribution in [0.25, 0.3) is 0 Å². The maximum absolute atomic E-state index is 3.68. The molecule has 4 heteroatoms. The van der Waals surface area contributed by atoms with Crippen molar-refractivity contribution >= 4 is 34.9 Å². The van der Waals surface area contributed by atoms with Crippen molar-refractivity contribution in [3.8, 4) is 0 Å². The second kappa shape index (κ2) is 7.07. The summed E-state index contributed by atoms with van der Waals surface area (Å²) in [6.07, 6.45) is 1.16. The summed E-state index contributed by atoms with van der Waals surface area (Å²) in [7, 11) is 0. The molecule has 0 radical (unpaired) electrons. The summed E-state index contributed by atoms with van der Waals surface area (Å²) in [4.78, 5) is 2.98. The second-order valence-electron chi connectivity index (χ2n) is 4.36. The first-order valence-corrected chi connectivity index (χ1v) is 9.33. The van der Waals surface area contributed by atoms with Crippen LogP contribution < -0.4 is 5.32 Å². The van der Waals surface area contributed by atoms with Crippen LogP contribution in [0.2, 0.25) is 0 Å². The summed E-state index contributed by atoms with van der Waals surface area (Å²) in [6, 6.07) is 5.06. The van der Waals surface area contributed by atoms with Crippen molar-refractivity contribution in [1.82, 2.24) is 5.32 Å². The number of thiophene rings is 1. The Morgan fingerprint density at radius 1 is 1.41 bits per heavy atom. The Bertz CT molecular complexity index is 331. The van der Waals surface area contributed by atoms with E-state index in [0.29, 0.717) is 6.04 Å². The van der Waals surface area contributed by atoms with E-state index in [1.165, 1.54) is 27.0 Å². The van der Waals surface area contributed by atoms with Gasteiger partial charge in [0.2, 0.25) is 0 Å². The van der Waals surface area contributed by atoms with Gasteiger partial charge in [0, 0.05) is 44.8 Å². The third-order valence-corrected chi connectivity index (χ3v) is 7.25. The second-order valence-corrected chi connectivity index (χ2v) is 8.11. The van der Waals surface area contributed by atoms with Gasteiger partial charge in [-0.05, 0) is 25.5 Å². The quantitative estimate of drug-likeness (QED) is 0.884. The van der Waals surface area contributed by atoms with Crippen LogP contribution in [0.15, 0.2) is 12.1 Å². The van der Waals surface area contributed by atoms with E-state index >= 15 is 0 Å². The lowest BCUT2D eigenvalue weighted by Gasteiger charge is -2.23. The van der Waals surface area contributed by atoms with Gasteiger partial charge in [-0.1, -0.05) is 6.92 Å². The fourth-order valence-corrected chi connectivity index (χ4v) is 5.48. The van der Waals surface area contributed by atoms with Crippen LogP contribution in [0.1, 0.15) is 29.6 Å². The summed E-state index contributed by atoms with van der Waals surface area (Å²) in [6.45, 7) is 5.66. The zero-order chi connectivity index (χ0) is 12.1. The Morgan fingerprint density at radius 2 is 2.29 bits per heavy atom. The van der Waals surface area contributed by atoms with Gasteiger partial charge in [-0.3, -0.25) is 0 Å². The summed E-state index contributed by atoms with van der Waals surface area (Å²) in [5, 5.41) is 4.49. The number of nitrogens with one attached hydrogen (secondary N) is 1. The molecule has 96 valence electrons. The predicted octanol–water partition coefficient (Wildman–Crippen LogP) is 3.81. The number of thioether (sulfide) groups is 2.